The highest BCUT2D eigenvalue weighted by Crippen LogP contribution is 2.10. The van der Waals surface area contributed by atoms with E-state index < -0.39 is 17.6 Å². The third-order valence-corrected chi connectivity index (χ3v) is 2.82. The molecular weight excluding hydrogens is 238 g/mol. The van der Waals surface area contributed by atoms with Crippen LogP contribution in [0.3, 0.4) is 0 Å². The summed E-state index contributed by atoms with van der Waals surface area (Å²) in [6.07, 6.45) is 7.16. The zero-order chi connectivity index (χ0) is 13.8. The largest absolute Gasteiger partial charge is 0.462 e. The van der Waals surface area contributed by atoms with Crippen LogP contribution in [0.2, 0.25) is 0 Å². The number of rotatable bonds is 10. The molecule has 4 heteroatoms. The van der Waals surface area contributed by atoms with Crippen molar-refractivity contribution in [2.24, 2.45) is 0 Å². The van der Waals surface area contributed by atoms with Crippen molar-refractivity contribution in [1.82, 2.24) is 0 Å². The van der Waals surface area contributed by atoms with Gasteiger partial charge in [-0.2, -0.15) is 8.78 Å². The van der Waals surface area contributed by atoms with Crippen LogP contribution in [-0.4, -0.2) is 12.6 Å². The Morgan fingerprint density at radius 3 is 1.94 bits per heavy atom. The Balaban J connectivity index is 3.36. The molecule has 0 rings (SSSR count). The van der Waals surface area contributed by atoms with Crippen LogP contribution in [0.5, 0.6) is 0 Å². The van der Waals surface area contributed by atoms with Crippen LogP contribution >= 0.6 is 0 Å². The maximum Gasteiger partial charge on any atom is 0.339 e. The topological polar surface area (TPSA) is 26.3 Å². The van der Waals surface area contributed by atoms with E-state index in [1.54, 1.807) is 0 Å². The second kappa shape index (κ2) is 11.2. The first kappa shape index (κ1) is 17.1. The van der Waals surface area contributed by atoms with Crippen molar-refractivity contribution in [2.45, 2.75) is 65.2 Å². The van der Waals surface area contributed by atoms with Gasteiger partial charge in [-0.05, 0) is 13.3 Å². The minimum absolute atomic E-state index is 0.235. The summed E-state index contributed by atoms with van der Waals surface area (Å²) in [6, 6.07) is 0. The third kappa shape index (κ3) is 9.14. The molecule has 0 bridgehead atoms. The van der Waals surface area contributed by atoms with Gasteiger partial charge in [-0.15, -0.1) is 0 Å². The molecule has 0 saturated heterocycles. The first-order valence-corrected chi connectivity index (χ1v) is 6.78. The molecule has 2 nitrogen and oxygen atoms in total. The summed E-state index contributed by atoms with van der Waals surface area (Å²) in [5.41, 5.74) is -0.588. The molecule has 0 saturated carbocycles. The fourth-order valence-electron chi connectivity index (χ4n) is 1.59. The second-order valence-corrected chi connectivity index (χ2v) is 4.50. The lowest BCUT2D eigenvalue weighted by atomic mass is 10.1. The summed E-state index contributed by atoms with van der Waals surface area (Å²) in [7, 11) is 0. The number of esters is 1. The number of hydrogen-bond acceptors (Lipinski definition) is 2. The predicted octanol–water partition coefficient (Wildman–Crippen LogP) is 4.84. The molecule has 0 fully saturated rings. The predicted molar refractivity (Wildman–Crippen MR) is 68.5 cm³/mol. The molecule has 0 aromatic heterocycles. The molecule has 0 aliphatic rings. The number of hydrogen-bond donors (Lipinski definition) is 0. The minimum atomic E-state index is -1.96. The minimum Gasteiger partial charge on any atom is -0.462 e. The van der Waals surface area contributed by atoms with Crippen LogP contribution in [0.15, 0.2) is 11.7 Å². The van der Waals surface area contributed by atoms with Crippen molar-refractivity contribution < 1.29 is 18.3 Å². The smallest absolute Gasteiger partial charge is 0.339 e. The molecule has 0 radical (unpaired) electrons. The average Bonchev–Trinajstić information content (AvgIpc) is 2.35. The van der Waals surface area contributed by atoms with Gasteiger partial charge in [-0.25, -0.2) is 4.79 Å². The van der Waals surface area contributed by atoms with Gasteiger partial charge in [0.1, 0.15) is 0 Å². The van der Waals surface area contributed by atoms with Crippen molar-refractivity contribution in [2.75, 3.05) is 6.61 Å². The number of carbonyl (C=O) groups is 1. The van der Waals surface area contributed by atoms with E-state index in [2.05, 4.69) is 6.92 Å². The average molecular weight is 262 g/mol. The van der Waals surface area contributed by atoms with Crippen molar-refractivity contribution in [3.63, 3.8) is 0 Å². The highest BCUT2D eigenvalue weighted by atomic mass is 19.3. The number of carbonyl (C=O) groups excluding carboxylic acids is 1. The summed E-state index contributed by atoms with van der Waals surface area (Å²) in [5, 5.41) is 0. The van der Waals surface area contributed by atoms with Crippen LogP contribution in [0.1, 0.15) is 65.2 Å². The number of ether oxygens (including phenoxy) is 1. The molecular formula is C14H24F2O2. The third-order valence-electron chi connectivity index (χ3n) is 2.82. The first-order valence-electron chi connectivity index (χ1n) is 6.78. The van der Waals surface area contributed by atoms with Crippen LogP contribution in [0, 0.1) is 0 Å². The quantitative estimate of drug-likeness (QED) is 0.320. The Bertz CT molecular complexity index is 259. The molecule has 0 aliphatic carbocycles. The Labute approximate surface area is 108 Å². The molecule has 0 aromatic carbocycles. The molecule has 0 aromatic rings. The molecule has 18 heavy (non-hydrogen) atoms. The molecule has 0 N–H and O–H groups in total. The molecule has 0 aliphatic heterocycles. The fraction of sp³-hybridized carbons (Fsp3) is 0.786. The molecule has 0 heterocycles. The van der Waals surface area contributed by atoms with Crippen LogP contribution in [0.25, 0.3) is 0 Å². The summed E-state index contributed by atoms with van der Waals surface area (Å²) < 4.78 is 28.8. The summed E-state index contributed by atoms with van der Waals surface area (Å²) in [4.78, 5) is 11.0. The monoisotopic (exact) mass is 262 g/mol. The molecule has 106 valence electrons. The first-order chi connectivity index (χ1) is 8.59. The van der Waals surface area contributed by atoms with E-state index in [1.807, 2.05) is 0 Å². The summed E-state index contributed by atoms with van der Waals surface area (Å²) in [6.45, 7) is 3.49. The molecule has 0 unspecified atom stereocenters. The van der Waals surface area contributed by atoms with Crippen LogP contribution in [0.4, 0.5) is 8.78 Å². The van der Waals surface area contributed by atoms with Gasteiger partial charge in [0.2, 0.25) is 0 Å². The number of unbranched alkanes of at least 4 members (excludes halogenated alkanes) is 7. The van der Waals surface area contributed by atoms with Gasteiger partial charge in [0.25, 0.3) is 6.08 Å². The van der Waals surface area contributed by atoms with Gasteiger partial charge in [0.05, 0.1) is 12.2 Å². The standard InChI is InChI=1S/C14H24F2O2/c1-3-4-5-6-7-8-9-10-11-18-14(17)12(2)13(15)16/h3-11H2,1-2H3. The molecule has 0 spiro atoms. The van der Waals surface area contributed by atoms with E-state index in [9.17, 15) is 13.6 Å². The van der Waals surface area contributed by atoms with E-state index in [-0.39, 0.29) is 6.61 Å². The van der Waals surface area contributed by atoms with E-state index in [0.29, 0.717) is 0 Å². The zero-order valence-electron chi connectivity index (χ0n) is 11.4. The molecule has 0 atom stereocenters. The number of halogens is 2. The fourth-order valence-corrected chi connectivity index (χ4v) is 1.59. The zero-order valence-corrected chi connectivity index (χ0v) is 11.4. The normalized spacial score (nSPS) is 10.2. The SMILES string of the molecule is CCCCCCCCCCOC(=O)C(C)=C(F)F. The lowest BCUT2D eigenvalue weighted by Gasteiger charge is -2.04. The maximum absolute atomic E-state index is 12.0. The van der Waals surface area contributed by atoms with E-state index in [1.165, 1.54) is 32.1 Å². The highest BCUT2D eigenvalue weighted by Gasteiger charge is 2.11. The van der Waals surface area contributed by atoms with Crippen molar-refractivity contribution in [3.8, 4) is 0 Å². The van der Waals surface area contributed by atoms with Crippen molar-refractivity contribution in [3.05, 3.63) is 11.7 Å². The summed E-state index contributed by atoms with van der Waals surface area (Å²) in [5.74, 6) is -0.905. The van der Waals surface area contributed by atoms with Gasteiger partial charge in [0, 0.05) is 0 Å². The van der Waals surface area contributed by atoms with Crippen LogP contribution in [-0.2, 0) is 9.53 Å². The van der Waals surface area contributed by atoms with E-state index in [4.69, 9.17) is 4.74 Å². The maximum atomic E-state index is 12.0. The van der Waals surface area contributed by atoms with E-state index in [0.717, 1.165) is 26.2 Å². The Kier molecular flexibility index (Phi) is 10.6. The van der Waals surface area contributed by atoms with Crippen molar-refractivity contribution in [1.29, 1.82) is 0 Å². The highest BCUT2D eigenvalue weighted by molar-refractivity contribution is 5.87. The summed E-state index contributed by atoms with van der Waals surface area (Å²) >= 11 is 0. The Morgan fingerprint density at radius 2 is 1.44 bits per heavy atom. The van der Waals surface area contributed by atoms with Gasteiger partial charge < -0.3 is 4.74 Å². The Morgan fingerprint density at radius 1 is 0.944 bits per heavy atom. The van der Waals surface area contributed by atoms with Gasteiger partial charge in [-0.1, -0.05) is 51.9 Å². The second-order valence-electron chi connectivity index (χ2n) is 4.50. The van der Waals surface area contributed by atoms with Gasteiger partial charge in [0.15, 0.2) is 0 Å². The van der Waals surface area contributed by atoms with E-state index >= 15 is 0 Å². The van der Waals surface area contributed by atoms with Crippen molar-refractivity contribution >= 4 is 5.97 Å². The lowest BCUT2D eigenvalue weighted by Crippen LogP contribution is -2.07. The Hall–Kier alpha value is -0.930. The van der Waals surface area contributed by atoms with Gasteiger partial charge in [-0.3, -0.25) is 0 Å². The van der Waals surface area contributed by atoms with Crippen LogP contribution < -0.4 is 0 Å². The lowest BCUT2D eigenvalue weighted by molar-refractivity contribution is -0.139. The molecule has 0 amide bonds. The van der Waals surface area contributed by atoms with Gasteiger partial charge >= 0.3 is 5.97 Å².